The summed E-state index contributed by atoms with van der Waals surface area (Å²) in [4.78, 5) is 24.5. The number of carbonyl (C=O) groups excluding carboxylic acids is 2. The number of nitrogens with one attached hydrogen (secondary N) is 3. The van der Waals surface area contributed by atoms with Gasteiger partial charge in [-0.05, 0) is 60.7 Å². The van der Waals surface area contributed by atoms with Gasteiger partial charge in [0.15, 0.2) is 11.7 Å². The van der Waals surface area contributed by atoms with Gasteiger partial charge in [-0.15, -0.1) is 0 Å². The summed E-state index contributed by atoms with van der Waals surface area (Å²) in [6.45, 7) is -0.127. The highest BCUT2D eigenvalue weighted by atomic mass is 35.5. The molecule has 0 saturated carbocycles. The molecule has 0 aromatic heterocycles. The molecule has 3 rings (SSSR count). The van der Waals surface area contributed by atoms with E-state index in [4.69, 9.17) is 40.2 Å². The van der Waals surface area contributed by atoms with Gasteiger partial charge in [0.1, 0.15) is 5.75 Å². The van der Waals surface area contributed by atoms with Crippen LogP contribution < -0.4 is 20.7 Å². The van der Waals surface area contributed by atoms with Crippen LogP contribution in [0.25, 0.3) is 0 Å². The lowest BCUT2D eigenvalue weighted by molar-refractivity contribution is -0.118. The van der Waals surface area contributed by atoms with Gasteiger partial charge >= 0.3 is 0 Å². The lowest BCUT2D eigenvalue weighted by Gasteiger charge is -2.12. The van der Waals surface area contributed by atoms with E-state index in [9.17, 15) is 9.59 Å². The third-order valence-corrected chi connectivity index (χ3v) is 4.67. The van der Waals surface area contributed by atoms with Crippen molar-refractivity contribution in [3.8, 4) is 5.75 Å². The molecule has 0 aliphatic carbocycles. The van der Waals surface area contributed by atoms with Crippen LogP contribution in [0.1, 0.15) is 10.4 Å². The van der Waals surface area contributed by atoms with Gasteiger partial charge < -0.3 is 15.4 Å². The molecule has 0 heterocycles. The molecule has 0 bridgehead atoms. The zero-order chi connectivity index (χ0) is 22.2. The Morgan fingerprint density at radius 1 is 0.871 bits per heavy atom. The third kappa shape index (κ3) is 6.96. The van der Waals surface area contributed by atoms with Crippen molar-refractivity contribution in [2.45, 2.75) is 0 Å². The first-order valence-corrected chi connectivity index (χ1v) is 10.2. The predicted molar refractivity (Wildman–Crippen MR) is 127 cm³/mol. The molecule has 0 atom stereocenters. The zero-order valence-electron chi connectivity index (χ0n) is 16.0. The summed E-state index contributed by atoms with van der Waals surface area (Å²) in [6, 6.07) is 20.5. The first-order valence-electron chi connectivity index (χ1n) is 9.06. The van der Waals surface area contributed by atoms with E-state index in [0.717, 1.165) is 0 Å². The summed E-state index contributed by atoms with van der Waals surface area (Å²) in [5.74, 6) is -0.175. The molecule has 0 spiro atoms. The van der Waals surface area contributed by atoms with Gasteiger partial charge in [-0.1, -0.05) is 47.5 Å². The van der Waals surface area contributed by atoms with E-state index in [1.54, 1.807) is 42.5 Å². The van der Waals surface area contributed by atoms with Gasteiger partial charge in [-0.25, -0.2) is 0 Å². The van der Waals surface area contributed by atoms with E-state index < -0.39 is 5.91 Å². The molecule has 9 heteroatoms. The standard InChI is InChI=1S/C22H17Cl2N3O3S/c23-14-9-10-18(19(24)11-14)21(29)27-22(31)26-16-6-4-5-15(12-16)25-20(28)13-30-17-7-2-1-3-8-17/h1-12H,13H2,(H,25,28)(H2,26,27,29,31). The molecule has 3 aromatic rings. The lowest BCUT2D eigenvalue weighted by atomic mass is 10.2. The second-order valence-corrected chi connectivity index (χ2v) is 7.52. The summed E-state index contributed by atoms with van der Waals surface area (Å²) in [7, 11) is 0. The maximum Gasteiger partial charge on any atom is 0.262 e. The zero-order valence-corrected chi connectivity index (χ0v) is 18.4. The maximum absolute atomic E-state index is 12.3. The molecule has 0 unspecified atom stereocenters. The lowest BCUT2D eigenvalue weighted by Crippen LogP contribution is -2.34. The summed E-state index contributed by atoms with van der Waals surface area (Å²) >= 11 is 17.1. The van der Waals surface area contributed by atoms with Crippen molar-refractivity contribution in [1.29, 1.82) is 0 Å². The summed E-state index contributed by atoms with van der Waals surface area (Å²) in [5, 5.41) is 8.90. The van der Waals surface area contributed by atoms with Gasteiger partial charge in [0, 0.05) is 16.4 Å². The number of thiocarbonyl (C=S) groups is 1. The molecule has 3 N–H and O–H groups in total. The Hall–Kier alpha value is -3.13. The quantitative estimate of drug-likeness (QED) is 0.432. The van der Waals surface area contributed by atoms with E-state index in [1.165, 1.54) is 12.1 Å². The maximum atomic E-state index is 12.3. The number of anilines is 2. The van der Waals surface area contributed by atoms with E-state index in [0.29, 0.717) is 22.1 Å². The van der Waals surface area contributed by atoms with Crippen molar-refractivity contribution >= 4 is 63.7 Å². The van der Waals surface area contributed by atoms with Gasteiger partial charge in [-0.3, -0.25) is 14.9 Å². The van der Waals surface area contributed by atoms with Crippen LogP contribution >= 0.6 is 35.4 Å². The van der Waals surface area contributed by atoms with Crippen molar-refractivity contribution in [3.05, 3.63) is 88.4 Å². The first kappa shape index (κ1) is 22.6. The monoisotopic (exact) mass is 473 g/mol. The largest absolute Gasteiger partial charge is 0.484 e. The van der Waals surface area contributed by atoms with Crippen LogP contribution in [0.15, 0.2) is 72.8 Å². The Kier molecular flexibility index (Phi) is 7.83. The molecule has 0 saturated heterocycles. The Bertz CT molecular complexity index is 1110. The molecule has 3 aromatic carbocycles. The highest BCUT2D eigenvalue weighted by molar-refractivity contribution is 7.80. The number of hydrogen-bond acceptors (Lipinski definition) is 4. The van der Waals surface area contributed by atoms with Gasteiger partial charge in [0.25, 0.3) is 11.8 Å². The molecule has 6 nitrogen and oxygen atoms in total. The molecular weight excluding hydrogens is 457 g/mol. The summed E-state index contributed by atoms with van der Waals surface area (Å²) in [6.07, 6.45) is 0. The minimum atomic E-state index is -0.471. The van der Waals surface area contributed by atoms with Crippen LogP contribution in [0, 0.1) is 0 Å². The number of para-hydroxylation sites is 1. The second-order valence-electron chi connectivity index (χ2n) is 6.26. The molecule has 2 amide bonds. The van der Waals surface area contributed by atoms with Crippen LogP contribution in [-0.4, -0.2) is 23.5 Å². The van der Waals surface area contributed by atoms with Crippen molar-refractivity contribution in [2.24, 2.45) is 0 Å². The molecule has 0 aliphatic heterocycles. The summed E-state index contributed by atoms with van der Waals surface area (Å²) in [5.41, 5.74) is 1.37. The summed E-state index contributed by atoms with van der Waals surface area (Å²) < 4.78 is 5.42. The Balaban J connectivity index is 1.54. The minimum Gasteiger partial charge on any atom is -0.484 e. The van der Waals surface area contributed by atoms with E-state index in [1.807, 2.05) is 18.2 Å². The van der Waals surface area contributed by atoms with Crippen molar-refractivity contribution in [2.75, 3.05) is 17.2 Å². The number of ether oxygens (including phenoxy) is 1. The van der Waals surface area contributed by atoms with Crippen LogP contribution in [-0.2, 0) is 4.79 Å². The van der Waals surface area contributed by atoms with Crippen molar-refractivity contribution in [1.82, 2.24) is 5.32 Å². The van der Waals surface area contributed by atoms with Crippen LogP contribution in [0.2, 0.25) is 10.0 Å². The number of rotatable bonds is 6. The average molecular weight is 474 g/mol. The Labute approximate surface area is 194 Å². The predicted octanol–water partition coefficient (Wildman–Crippen LogP) is 5.14. The Morgan fingerprint density at radius 3 is 2.29 bits per heavy atom. The third-order valence-electron chi connectivity index (χ3n) is 3.92. The highest BCUT2D eigenvalue weighted by Gasteiger charge is 2.12. The smallest absolute Gasteiger partial charge is 0.262 e. The molecule has 31 heavy (non-hydrogen) atoms. The number of benzene rings is 3. The van der Waals surface area contributed by atoms with Crippen molar-refractivity contribution in [3.63, 3.8) is 0 Å². The fraction of sp³-hybridized carbons (Fsp3) is 0.0455. The first-order chi connectivity index (χ1) is 14.9. The number of amides is 2. The van der Waals surface area contributed by atoms with Crippen LogP contribution in [0.4, 0.5) is 11.4 Å². The second kappa shape index (κ2) is 10.8. The normalized spacial score (nSPS) is 10.1. The molecule has 158 valence electrons. The van der Waals surface area contributed by atoms with Gasteiger partial charge in [0.2, 0.25) is 0 Å². The van der Waals surface area contributed by atoms with Gasteiger partial charge in [-0.2, -0.15) is 0 Å². The van der Waals surface area contributed by atoms with E-state index >= 15 is 0 Å². The molecule has 0 radical (unpaired) electrons. The Morgan fingerprint density at radius 2 is 1.58 bits per heavy atom. The fourth-order valence-electron chi connectivity index (χ4n) is 2.54. The fourth-order valence-corrected chi connectivity index (χ4v) is 3.25. The topological polar surface area (TPSA) is 79.5 Å². The minimum absolute atomic E-state index is 0.0758. The number of halogens is 2. The SMILES string of the molecule is O=C(COc1ccccc1)Nc1cccc(NC(=S)NC(=O)c2ccc(Cl)cc2Cl)c1. The number of hydrogen-bond donors (Lipinski definition) is 3. The van der Waals surface area contributed by atoms with E-state index in [-0.39, 0.29) is 28.2 Å². The van der Waals surface area contributed by atoms with Crippen LogP contribution in [0.5, 0.6) is 5.75 Å². The molecule has 0 fully saturated rings. The highest BCUT2D eigenvalue weighted by Crippen LogP contribution is 2.21. The molecular formula is C22H17Cl2N3O3S. The molecule has 0 aliphatic rings. The van der Waals surface area contributed by atoms with Crippen molar-refractivity contribution < 1.29 is 14.3 Å². The number of carbonyl (C=O) groups is 2. The van der Waals surface area contributed by atoms with E-state index in [2.05, 4.69) is 16.0 Å². The average Bonchev–Trinajstić information content (AvgIpc) is 2.73. The van der Waals surface area contributed by atoms with Crippen LogP contribution in [0.3, 0.4) is 0 Å². The van der Waals surface area contributed by atoms with Gasteiger partial charge in [0.05, 0.1) is 10.6 Å².